The minimum Gasteiger partial charge on any atom is -0.462 e. The SMILES string of the molecule is CC(=O)OC(C)C(C(C)(F)F)C(F)(F)F. The van der Waals surface area contributed by atoms with Crippen LogP contribution in [0.5, 0.6) is 0 Å². The van der Waals surface area contributed by atoms with E-state index in [2.05, 4.69) is 4.74 Å². The highest BCUT2D eigenvalue weighted by Gasteiger charge is 2.56. The van der Waals surface area contributed by atoms with Gasteiger partial charge in [-0.1, -0.05) is 0 Å². The van der Waals surface area contributed by atoms with Gasteiger partial charge in [0, 0.05) is 13.8 Å². The maximum absolute atomic E-state index is 12.7. The second-order valence-electron chi connectivity index (χ2n) is 3.29. The molecule has 0 spiro atoms. The van der Waals surface area contributed by atoms with Gasteiger partial charge in [0.2, 0.25) is 0 Å². The van der Waals surface area contributed by atoms with E-state index in [4.69, 9.17) is 0 Å². The molecule has 7 heteroatoms. The number of rotatable bonds is 3. The summed E-state index contributed by atoms with van der Waals surface area (Å²) in [5.41, 5.74) is 0. The van der Waals surface area contributed by atoms with E-state index in [1.807, 2.05) is 0 Å². The summed E-state index contributed by atoms with van der Waals surface area (Å²) < 4.78 is 66.2. The van der Waals surface area contributed by atoms with Crippen LogP contribution in [0, 0.1) is 5.92 Å². The highest BCUT2D eigenvalue weighted by molar-refractivity contribution is 5.66. The zero-order chi connectivity index (χ0) is 12.4. The molecule has 0 saturated carbocycles. The van der Waals surface area contributed by atoms with Gasteiger partial charge in [-0.05, 0) is 6.92 Å². The van der Waals surface area contributed by atoms with Crippen LogP contribution in [0.25, 0.3) is 0 Å². The molecule has 0 aliphatic rings. The molecular formula is C8H11F5O2. The predicted molar refractivity (Wildman–Crippen MR) is 41.4 cm³/mol. The van der Waals surface area contributed by atoms with Gasteiger partial charge in [0.1, 0.15) is 6.10 Å². The van der Waals surface area contributed by atoms with Gasteiger partial charge in [-0.3, -0.25) is 4.79 Å². The topological polar surface area (TPSA) is 26.3 Å². The van der Waals surface area contributed by atoms with Crippen molar-refractivity contribution < 1.29 is 31.5 Å². The smallest absolute Gasteiger partial charge is 0.401 e. The van der Waals surface area contributed by atoms with Crippen molar-refractivity contribution in [3.8, 4) is 0 Å². The van der Waals surface area contributed by atoms with Crippen LogP contribution in [0.1, 0.15) is 20.8 Å². The molecule has 0 saturated heterocycles. The lowest BCUT2D eigenvalue weighted by Gasteiger charge is -2.30. The van der Waals surface area contributed by atoms with Crippen LogP contribution >= 0.6 is 0 Å². The standard InChI is InChI=1S/C8H11F5O2/c1-4(15-5(2)14)6(7(3,9)10)8(11,12)13/h4,6H,1-3H3. The molecule has 0 aliphatic heterocycles. The van der Waals surface area contributed by atoms with E-state index in [0.29, 0.717) is 0 Å². The average molecular weight is 234 g/mol. The Balaban J connectivity index is 4.88. The average Bonchev–Trinajstić information content (AvgIpc) is 1.74. The third-order valence-electron chi connectivity index (χ3n) is 1.72. The van der Waals surface area contributed by atoms with Crippen molar-refractivity contribution in [1.82, 2.24) is 0 Å². The van der Waals surface area contributed by atoms with Gasteiger partial charge in [-0.15, -0.1) is 0 Å². The fourth-order valence-corrected chi connectivity index (χ4v) is 1.30. The molecule has 0 amide bonds. The third-order valence-corrected chi connectivity index (χ3v) is 1.72. The first-order valence-electron chi connectivity index (χ1n) is 4.08. The van der Waals surface area contributed by atoms with Crippen molar-refractivity contribution in [3.63, 3.8) is 0 Å². The molecule has 0 aromatic heterocycles. The van der Waals surface area contributed by atoms with E-state index in [1.54, 1.807) is 0 Å². The number of alkyl halides is 5. The zero-order valence-corrected chi connectivity index (χ0v) is 8.36. The van der Waals surface area contributed by atoms with Gasteiger partial charge in [0.15, 0.2) is 5.92 Å². The molecule has 0 aromatic carbocycles. The summed E-state index contributed by atoms with van der Waals surface area (Å²) in [6.07, 6.45) is -7.03. The Kier molecular flexibility index (Phi) is 4.07. The number of hydrogen-bond donors (Lipinski definition) is 0. The van der Waals surface area contributed by atoms with Gasteiger partial charge in [-0.2, -0.15) is 13.2 Å². The van der Waals surface area contributed by atoms with Crippen LogP contribution in [-0.2, 0) is 9.53 Å². The van der Waals surface area contributed by atoms with Crippen molar-refractivity contribution >= 4 is 5.97 Å². The first-order chi connectivity index (χ1) is 6.46. The molecule has 2 unspecified atom stereocenters. The summed E-state index contributed by atoms with van der Waals surface area (Å²) in [7, 11) is 0. The van der Waals surface area contributed by atoms with Crippen LogP contribution in [0.15, 0.2) is 0 Å². The van der Waals surface area contributed by atoms with E-state index in [9.17, 15) is 26.7 Å². The Morgan fingerprint density at radius 1 is 1.20 bits per heavy atom. The number of esters is 1. The van der Waals surface area contributed by atoms with Gasteiger partial charge < -0.3 is 4.74 Å². The molecule has 2 nitrogen and oxygen atoms in total. The summed E-state index contributed by atoms with van der Waals surface area (Å²) in [4.78, 5) is 10.4. The van der Waals surface area contributed by atoms with Crippen molar-refractivity contribution in [3.05, 3.63) is 0 Å². The maximum Gasteiger partial charge on any atom is 0.401 e. The Morgan fingerprint density at radius 3 is 1.80 bits per heavy atom. The Bertz CT molecular complexity index is 216. The molecule has 0 fully saturated rings. The minimum atomic E-state index is -5.12. The summed E-state index contributed by atoms with van der Waals surface area (Å²) in [5, 5.41) is 0. The van der Waals surface area contributed by atoms with E-state index < -0.39 is 30.1 Å². The Morgan fingerprint density at radius 2 is 1.60 bits per heavy atom. The summed E-state index contributed by atoms with van der Waals surface area (Å²) >= 11 is 0. The van der Waals surface area contributed by atoms with Crippen LogP contribution in [0.3, 0.4) is 0 Å². The Labute approximate surface area is 83.4 Å². The van der Waals surface area contributed by atoms with Crippen LogP contribution in [0.2, 0.25) is 0 Å². The van der Waals surface area contributed by atoms with Gasteiger partial charge in [0.05, 0.1) is 0 Å². The van der Waals surface area contributed by atoms with Gasteiger partial charge in [-0.25, -0.2) is 8.78 Å². The predicted octanol–water partition coefficient (Wildman–Crippen LogP) is 2.77. The summed E-state index contributed by atoms with van der Waals surface area (Å²) in [6.45, 7) is 1.79. The van der Waals surface area contributed by atoms with Crippen molar-refractivity contribution in [2.45, 2.75) is 39.0 Å². The van der Waals surface area contributed by atoms with Crippen LogP contribution < -0.4 is 0 Å². The number of halogens is 5. The largest absolute Gasteiger partial charge is 0.462 e. The van der Waals surface area contributed by atoms with Crippen molar-refractivity contribution in [2.24, 2.45) is 5.92 Å². The molecule has 0 aliphatic carbocycles. The molecule has 2 atom stereocenters. The number of ether oxygens (including phenoxy) is 1. The normalized spacial score (nSPS) is 17.1. The second kappa shape index (κ2) is 4.32. The summed E-state index contributed by atoms with van der Waals surface area (Å²) in [6, 6.07) is 0. The van der Waals surface area contributed by atoms with E-state index >= 15 is 0 Å². The molecule has 0 radical (unpaired) electrons. The molecule has 0 N–H and O–H groups in total. The molecule has 0 bridgehead atoms. The molecule has 15 heavy (non-hydrogen) atoms. The molecule has 90 valence electrons. The van der Waals surface area contributed by atoms with E-state index in [1.165, 1.54) is 0 Å². The quantitative estimate of drug-likeness (QED) is 0.554. The van der Waals surface area contributed by atoms with E-state index in [0.717, 1.165) is 13.8 Å². The Hall–Kier alpha value is -0.880. The lowest BCUT2D eigenvalue weighted by Crippen LogP contribution is -2.45. The number of carbonyl (C=O) groups is 1. The van der Waals surface area contributed by atoms with Crippen LogP contribution in [0.4, 0.5) is 22.0 Å². The highest BCUT2D eigenvalue weighted by atomic mass is 19.4. The van der Waals surface area contributed by atoms with E-state index in [-0.39, 0.29) is 6.92 Å². The van der Waals surface area contributed by atoms with Crippen molar-refractivity contribution in [1.29, 1.82) is 0 Å². The summed E-state index contributed by atoms with van der Waals surface area (Å²) in [5.74, 6) is -8.01. The molecular weight excluding hydrogens is 223 g/mol. The number of hydrogen-bond acceptors (Lipinski definition) is 2. The lowest BCUT2D eigenvalue weighted by atomic mass is 9.96. The fraction of sp³-hybridized carbons (Fsp3) is 0.875. The second-order valence-corrected chi connectivity index (χ2v) is 3.29. The van der Waals surface area contributed by atoms with Crippen molar-refractivity contribution in [2.75, 3.05) is 0 Å². The molecule has 0 aromatic rings. The first kappa shape index (κ1) is 14.1. The lowest BCUT2D eigenvalue weighted by molar-refractivity contribution is -0.261. The highest BCUT2D eigenvalue weighted by Crippen LogP contribution is 2.41. The maximum atomic E-state index is 12.7. The van der Waals surface area contributed by atoms with Crippen LogP contribution in [-0.4, -0.2) is 24.2 Å². The minimum absolute atomic E-state index is 0.144. The monoisotopic (exact) mass is 234 g/mol. The first-order valence-corrected chi connectivity index (χ1v) is 4.08. The fourth-order valence-electron chi connectivity index (χ4n) is 1.30. The molecule has 0 rings (SSSR count). The zero-order valence-electron chi connectivity index (χ0n) is 8.36. The number of carbonyl (C=O) groups excluding carboxylic acids is 1. The third kappa shape index (κ3) is 4.44. The van der Waals surface area contributed by atoms with Gasteiger partial charge >= 0.3 is 12.1 Å². The molecule has 0 heterocycles. The van der Waals surface area contributed by atoms with Gasteiger partial charge in [0.25, 0.3) is 5.92 Å².